The number of aryl methyl sites for hydroxylation is 1. The van der Waals surface area contributed by atoms with Crippen LogP contribution in [0.2, 0.25) is 0 Å². The molecule has 3 rings (SSSR count). The highest BCUT2D eigenvalue weighted by atomic mass is 16.6. The molecule has 1 fully saturated rings. The van der Waals surface area contributed by atoms with Crippen molar-refractivity contribution in [3.63, 3.8) is 0 Å². The van der Waals surface area contributed by atoms with E-state index in [4.69, 9.17) is 0 Å². The second-order valence-electron chi connectivity index (χ2n) is 6.15. The molecule has 1 aromatic heterocycles. The molecule has 0 spiro atoms. The molecule has 0 unspecified atom stereocenters. The van der Waals surface area contributed by atoms with Crippen LogP contribution >= 0.6 is 0 Å². The summed E-state index contributed by atoms with van der Waals surface area (Å²) in [6.45, 7) is 4.13. The highest BCUT2D eigenvalue weighted by Gasteiger charge is 2.29. The van der Waals surface area contributed by atoms with Gasteiger partial charge in [0.25, 0.3) is 5.69 Å². The molecule has 1 saturated carbocycles. The van der Waals surface area contributed by atoms with E-state index < -0.39 is 0 Å². The molecule has 1 aliphatic rings. The smallest absolute Gasteiger partial charge is 0.278 e. The average molecular weight is 285 g/mol. The van der Waals surface area contributed by atoms with Gasteiger partial charge in [0.15, 0.2) is 0 Å². The van der Waals surface area contributed by atoms with E-state index in [1.807, 2.05) is 19.1 Å². The fourth-order valence-corrected chi connectivity index (χ4v) is 3.20. The van der Waals surface area contributed by atoms with Gasteiger partial charge in [-0.25, -0.2) is 0 Å². The number of nitro benzene ring substituents is 1. The van der Waals surface area contributed by atoms with Gasteiger partial charge in [-0.1, -0.05) is 12.8 Å². The highest BCUT2D eigenvalue weighted by Crippen LogP contribution is 2.37. The number of benzene rings is 1. The minimum Gasteiger partial charge on any atom is -0.379 e. The zero-order valence-corrected chi connectivity index (χ0v) is 12.3. The summed E-state index contributed by atoms with van der Waals surface area (Å²) in [6.07, 6.45) is 6.33. The van der Waals surface area contributed by atoms with Crippen molar-refractivity contribution in [3.05, 3.63) is 40.2 Å². The van der Waals surface area contributed by atoms with E-state index in [0.29, 0.717) is 5.39 Å². The lowest BCUT2D eigenvalue weighted by Crippen LogP contribution is -2.30. The Morgan fingerprint density at radius 2 is 2.00 bits per heavy atom. The number of non-ortho nitro benzene ring substituents is 1. The minimum atomic E-state index is -0.347. The first kappa shape index (κ1) is 13.8. The topological polar surface area (TPSA) is 68.1 Å². The molecule has 1 heterocycles. The Kier molecular flexibility index (Phi) is 3.27. The van der Waals surface area contributed by atoms with Gasteiger partial charge in [-0.05, 0) is 38.8 Å². The predicted octanol–water partition coefficient (Wildman–Crippen LogP) is 4.20. The van der Waals surface area contributed by atoms with E-state index in [1.165, 1.54) is 12.8 Å². The van der Waals surface area contributed by atoms with Crippen LogP contribution in [0.25, 0.3) is 10.8 Å². The average Bonchev–Trinajstić information content (AvgIpc) is 2.85. The number of hydrogen-bond donors (Lipinski definition) is 1. The molecule has 0 bridgehead atoms. The lowest BCUT2D eigenvalue weighted by atomic mass is 9.98. The van der Waals surface area contributed by atoms with Crippen molar-refractivity contribution < 1.29 is 4.92 Å². The molecule has 1 aromatic carbocycles. The lowest BCUT2D eigenvalue weighted by Gasteiger charge is -2.27. The standard InChI is InChI=1S/C16H19N3O2/c1-11-9-12-13(10-17-11)15(19(20)21)6-5-14(12)18-16(2)7-3-4-8-16/h5-6,9-10,18H,3-4,7-8H2,1-2H3. The Balaban J connectivity index is 2.12. The first-order chi connectivity index (χ1) is 9.98. The van der Waals surface area contributed by atoms with Crippen LogP contribution in [0.4, 0.5) is 11.4 Å². The highest BCUT2D eigenvalue weighted by molar-refractivity contribution is 5.99. The van der Waals surface area contributed by atoms with Gasteiger partial charge >= 0.3 is 0 Å². The van der Waals surface area contributed by atoms with Crippen LogP contribution < -0.4 is 5.32 Å². The second kappa shape index (κ2) is 4.98. The number of aromatic nitrogens is 1. The van der Waals surface area contributed by atoms with E-state index >= 15 is 0 Å². The van der Waals surface area contributed by atoms with Crippen molar-refractivity contribution in [1.82, 2.24) is 4.98 Å². The summed E-state index contributed by atoms with van der Waals surface area (Å²) in [5, 5.41) is 16.3. The predicted molar refractivity (Wildman–Crippen MR) is 83.6 cm³/mol. The van der Waals surface area contributed by atoms with Crippen LogP contribution in [0, 0.1) is 17.0 Å². The summed E-state index contributed by atoms with van der Waals surface area (Å²) in [4.78, 5) is 15.0. The molecule has 0 aliphatic heterocycles. The number of nitrogens with zero attached hydrogens (tertiary/aromatic N) is 2. The van der Waals surface area contributed by atoms with E-state index in [1.54, 1.807) is 12.3 Å². The van der Waals surface area contributed by atoms with E-state index in [2.05, 4.69) is 17.2 Å². The number of rotatable bonds is 3. The van der Waals surface area contributed by atoms with Crippen LogP contribution in [-0.4, -0.2) is 15.4 Å². The molecular weight excluding hydrogens is 266 g/mol. The van der Waals surface area contributed by atoms with Gasteiger partial charge in [-0.2, -0.15) is 0 Å². The molecule has 0 radical (unpaired) electrons. The maximum absolute atomic E-state index is 11.2. The van der Waals surface area contributed by atoms with Crippen LogP contribution in [0.3, 0.4) is 0 Å². The number of hydrogen-bond acceptors (Lipinski definition) is 4. The van der Waals surface area contributed by atoms with Crippen molar-refractivity contribution in [2.45, 2.75) is 45.1 Å². The Morgan fingerprint density at radius 1 is 1.29 bits per heavy atom. The molecule has 2 aromatic rings. The molecule has 5 heteroatoms. The third-order valence-corrected chi connectivity index (χ3v) is 4.35. The summed E-state index contributed by atoms with van der Waals surface area (Å²) < 4.78 is 0. The number of anilines is 1. The van der Waals surface area contributed by atoms with Crippen molar-refractivity contribution in [2.75, 3.05) is 5.32 Å². The van der Waals surface area contributed by atoms with Crippen LogP contribution in [0.15, 0.2) is 24.4 Å². The Hall–Kier alpha value is -2.17. The van der Waals surface area contributed by atoms with Gasteiger partial charge in [0, 0.05) is 34.6 Å². The van der Waals surface area contributed by atoms with Crippen molar-refractivity contribution in [1.29, 1.82) is 0 Å². The third kappa shape index (κ3) is 2.55. The van der Waals surface area contributed by atoms with Gasteiger partial charge in [-0.3, -0.25) is 15.1 Å². The number of pyridine rings is 1. The molecule has 0 atom stereocenters. The summed E-state index contributed by atoms with van der Waals surface area (Å²) >= 11 is 0. The fourth-order valence-electron chi connectivity index (χ4n) is 3.20. The molecular formula is C16H19N3O2. The molecule has 1 N–H and O–H groups in total. The summed E-state index contributed by atoms with van der Waals surface area (Å²) in [5.41, 5.74) is 2.02. The lowest BCUT2D eigenvalue weighted by molar-refractivity contribution is -0.383. The normalized spacial score (nSPS) is 17.0. The van der Waals surface area contributed by atoms with Gasteiger partial charge in [0.05, 0.1) is 10.3 Å². The summed E-state index contributed by atoms with van der Waals surface area (Å²) in [5.74, 6) is 0. The zero-order valence-electron chi connectivity index (χ0n) is 12.3. The van der Waals surface area contributed by atoms with Crippen LogP contribution in [0.1, 0.15) is 38.3 Å². The van der Waals surface area contributed by atoms with E-state index in [0.717, 1.165) is 29.6 Å². The van der Waals surface area contributed by atoms with Gasteiger partial charge < -0.3 is 5.32 Å². The number of nitro groups is 1. The molecule has 0 saturated heterocycles. The SMILES string of the molecule is Cc1cc2c(NC3(C)CCCC3)ccc([N+](=O)[O-])c2cn1. The zero-order chi connectivity index (χ0) is 15.0. The number of fused-ring (bicyclic) bond motifs is 1. The van der Waals surface area contributed by atoms with Gasteiger partial charge in [0.2, 0.25) is 0 Å². The molecule has 21 heavy (non-hydrogen) atoms. The van der Waals surface area contributed by atoms with Crippen molar-refractivity contribution >= 4 is 22.1 Å². The minimum absolute atomic E-state index is 0.0836. The van der Waals surface area contributed by atoms with Gasteiger partial charge in [0.1, 0.15) is 0 Å². The van der Waals surface area contributed by atoms with Crippen molar-refractivity contribution in [3.8, 4) is 0 Å². The Morgan fingerprint density at radius 3 is 2.67 bits per heavy atom. The first-order valence-electron chi connectivity index (χ1n) is 7.30. The second-order valence-corrected chi connectivity index (χ2v) is 6.15. The van der Waals surface area contributed by atoms with Crippen LogP contribution in [0.5, 0.6) is 0 Å². The largest absolute Gasteiger partial charge is 0.379 e. The third-order valence-electron chi connectivity index (χ3n) is 4.35. The first-order valence-corrected chi connectivity index (χ1v) is 7.30. The quantitative estimate of drug-likeness (QED) is 0.678. The molecule has 0 amide bonds. The molecule has 110 valence electrons. The number of nitrogens with one attached hydrogen (secondary N) is 1. The molecule has 1 aliphatic carbocycles. The van der Waals surface area contributed by atoms with Gasteiger partial charge in [-0.15, -0.1) is 0 Å². The monoisotopic (exact) mass is 285 g/mol. The van der Waals surface area contributed by atoms with E-state index in [-0.39, 0.29) is 16.1 Å². The van der Waals surface area contributed by atoms with Crippen molar-refractivity contribution in [2.24, 2.45) is 0 Å². The maximum Gasteiger partial charge on any atom is 0.278 e. The Bertz CT molecular complexity index is 706. The summed E-state index contributed by atoms with van der Waals surface area (Å²) in [7, 11) is 0. The Labute approximate surface area is 123 Å². The molecule has 5 nitrogen and oxygen atoms in total. The maximum atomic E-state index is 11.2. The summed E-state index contributed by atoms with van der Waals surface area (Å²) in [6, 6.07) is 5.31. The fraction of sp³-hybridized carbons (Fsp3) is 0.438. The van der Waals surface area contributed by atoms with Crippen LogP contribution in [-0.2, 0) is 0 Å². The van der Waals surface area contributed by atoms with E-state index in [9.17, 15) is 10.1 Å².